The summed E-state index contributed by atoms with van der Waals surface area (Å²) in [4.78, 5) is 17.3. The van der Waals surface area contributed by atoms with Gasteiger partial charge in [-0.3, -0.25) is 4.68 Å². The molecule has 1 saturated heterocycles. The van der Waals surface area contributed by atoms with Crippen molar-refractivity contribution in [2.24, 2.45) is 0 Å². The maximum absolute atomic E-state index is 12.8. The van der Waals surface area contributed by atoms with Crippen LogP contribution in [0.25, 0.3) is 33.5 Å². The number of aromatic amines is 1. The predicted molar refractivity (Wildman–Crippen MR) is 141 cm³/mol. The van der Waals surface area contributed by atoms with Gasteiger partial charge < -0.3 is 14.8 Å². The molecule has 36 heavy (non-hydrogen) atoms. The highest BCUT2D eigenvalue weighted by Crippen LogP contribution is 2.33. The van der Waals surface area contributed by atoms with Crippen molar-refractivity contribution in [2.45, 2.75) is 37.2 Å². The molecule has 10 nitrogen and oxygen atoms in total. The Labute approximate surface area is 211 Å². The molecule has 5 rings (SSSR count). The van der Waals surface area contributed by atoms with E-state index in [0.717, 1.165) is 54.8 Å². The molecule has 1 atom stereocenters. The zero-order valence-corrected chi connectivity index (χ0v) is 21.9. The van der Waals surface area contributed by atoms with Crippen molar-refractivity contribution in [2.75, 3.05) is 39.1 Å². The third-order valence-electron chi connectivity index (χ3n) is 6.75. The van der Waals surface area contributed by atoms with E-state index in [9.17, 15) is 8.42 Å². The summed E-state index contributed by atoms with van der Waals surface area (Å²) in [6.07, 6.45) is 9.58. The van der Waals surface area contributed by atoms with Gasteiger partial charge in [0.15, 0.2) is 5.65 Å². The van der Waals surface area contributed by atoms with Crippen LogP contribution in [-0.2, 0) is 16.6 Å². The van der Waals surface area contributed by atoms with Crippen molar-refractivity contribution in [3.8, 4) is 22.4 Å². The van der Waals surface area contributed by atoms with Crippen LogP contribution in [0.4, 0.5) is 5.69 Å². The van der Waals surface area contributed by atoms with Crippen LogP contribution in [0, 0.1) is 0 Å². The van der Waals surface area contributed by atoms with Crippen molar-refractivity contribution in [3.05, 3.63) is 43.0 Å². The molecule has 1 aliphatic heterocycles. The van der Waals surface area contributed by atoms with Crippen LogP contribution in [0.5, 0.6) is 0 Å². The van der Waals surface area contributed by atoms with E-state index in [1.807, 2.05) is 43.4 Å². The van der Waals surface area contributed by atoms with Gasteiger partial charge in [-0.05, 0) is 59.1 Å². The molecule has 0 aliphatic carbocycles. The Kier molecular flexibility index (Phi) is 6.54. The predicted octanol–water partition coefficient (Wildman–Crippen LogP) is 2.95. The topological polar surface area (TPSA) is 112 Å². The van der Waals surface area contributed by atoms with Gasteiger partial charge in [-0.2, -0.15) is 5.10 Å². The fourth-order valence-electron chi connectivity index (χ4n) is 4.66. The Morgan fingerprint density at radius 3 is 2.75 bits per heavy atom. The zero-order chi connectivity index (χ0) is 25.4. The SMILES string of the molecule is CNS(=O)(=O)c1cc(-c2cnc3[nH]cc(-c4cnn(CCN(C)C)c4)c3n2)cc(N2CCCC2C)c1. The lowest BCUT2D eigenvalue weighted by Crippen LogP contribution is -2.27. The number of H-pyrrole nitrogens is 1. The molecule has 190 valence electrons. The standard InChI is InChI=1S/C25H32N8O2S/c1-17-6-5-7-33(17)20-10-18(11-21(12-20)36(34,35)26-2)23-15-28-25-24(30-23)22(14-27-25)19-13-29-32(16-19)9-8-31(3)4/h10-17,26H,5-9H2,1-4H3,(H,27,28). The first-order valence-corrected chi connectivity index (χ1v) is 13.6. The Morgan fingerprint density at radius 1 is 1.19 bits per heavy atom. The Balaban J connectivity index is 1.57. The van der Waals surface area contributed by atoms with Gasteiger partial charge in [0.2, 0.25) is 10.0 Å². The molecule has 2 N–H and O–H groups in total. The number of fused-ring (bicyclic) bond motifs is 1. The molecule has 1 fully saturated rings. The summed E-state index contributed by atoms with van der Waals surface area (Å²) in [5.74, 6) is 0. The smallest absolute Gasteiger partial charge is 0.240 e. The molecule has 3 aromatic heterocycles. The first-order valence-electron chi connectivity index (χ1n) is 12.1. The summed E-state index contributed by atoms with van der Waals surface area (Å²) in [6, 6.07) is 5.77. The zero-order valence-electron chi connectivity index (χ0n) is 21.1. The van der Waals surface area contributed by atoms with Crippen LogP contribution >= 0.6 is 0 Å². The summed E-state index contributed by atoms with van der Waals surface area (Å²) in [6.45, 7) is 4.75. The van der Waals surface area contributed by atoms with Gasteiger partial charge in [-0.25, -0.2) is 23.1 Å². The van der Waals surface area contributed by atoms with Crippen LogP contribution in [0.15, 0.2) is 47.9 Å². The molecule has 1 aromatic carbocycles. The molecule has 11 heteroatoms. The average molecular weight is 509 g/mol. The molecular weight excluding hydrogens is 476 g/mol. The van der Waals surface area contributed by atoms with Crippen molar-refractivity contribution >= 4 is 26.9 Å². The molecule has 1 unspecified atom stereocenters. The van der Waals surface area contributed by atoms with E-state index in [2.05, 4.69) is 36.5 Å². The fraction of sp³-hybridized carbons (Fsp3) is 0.400. The fourth-order valence-corrected chi connectivity index (χ4v) is 5.46. The number of sulfonamides is 1. The van der Waals surface area contributed by atoms with Gasteiger partial charge in [0, 0.05) is 53.9 Å². The number of rotatable bonds is 8. The number of anilines is 1. The maximum Gasteiger partial charge on any atom is 0.240 e. The Morgan fingerprint density at radius 2 is 2.03 bits per heavy atom. The van der Waals surface area contributed by atoms with Gasteiger partial charge in [-0.15, -0.1) is 0 Å². The van der Waals surface area contributed by atoms with E-state index < -0.39 is 10.0 Å². The van der Waals surface area contributed by atoms with Crippen LogP contribution < -0.4 is 9.62 Å². The summed E-state index contributed by atoms with van der Waals surface area (Å²) >= 11 is 0. The maximum atomic E-state index is 12.8. The summed E-state index contributed by atoms with van der Waals surface area (Å²) in [5, 5.41) is 4.49. The van der Waals surface area contributed by atoms with Gasteiger partial charge in [0.25, 0.3) is 0 Å². The number of hydrogen-bond donors (Lipinski definition) is 2. The molecule has 0 amide bonds. The number of benzene rings is 1. The van der Waals surface area contributed by atoms with Gasteiger partial charge in [0.05, 0.1) is 29.5 Å². The van der Waals surface area contributed by atoms with Crippen molar-refractivity contribution < 1.29 is 8.42 Å². The minimum absolute atomic E-state index is 0.218. The van der Waals surface area contributed by atoms with Crippen molar-refractivity contribution in [1.82, 2.24) is 34.4 Å². The van der Waals surface area contributed by atoms with Crippen LogP contribution in [-0.4, -0.2) is 78.3 Å². The summed E-state index contributed by atoms with van der Waals surface area (Å²) in [5.41, 5.74) is 5.45. The van der Waals surface area contributed by atoms with E-state index in [1.165, 1.54) is 7.05 Å². The van der Waals surface area contributed by atoms with Crippen LogP contribution in [0.3, 0.4) is 0 Å². The second-order valence-electron chi connectivity index (χ2n) is 9.56. The van der Waals surface area contributed by atoms with Crippen molar-refractivity contribution in [1.29, 1.82) is 0 Å². The first-order chi connectivity index (χ1) is 17.2. The molecule has 0 saturated carbocycles. The third kappa shape index (κ3) is 4.73. The Hall–Kier alpha value is -3.28. The number of nitrogens with one attached hydrogen (secondary N) is 2. The molecule has 0 bridgehead atoms. The second-order valence-corrected chi connectivity index (χ2v) is 11.4. The lowest BCUT2D eigenvalue weighted by atomic mass is 10.1. The number of nitrogens with zero attached hydrogens (tertiary/aromatic N) is 6. The van der Waals surface area contributed by atoms with Crippen molar-refractivity contribution in [3.63, 3.8) is 0 Å². The third-order valence-corrected chi connectivity index (χ3v) is 8.15. The number of aromatic nitrogens is 5. The lowest BCUT2D eigenvalue weighted by Gasteiger charge is -2.25. The highest BCUT2D eigenvalue weighted by Gasteiger charge is 2.24. The quantitative estimate of drug-likeness (QED) is 0.376. The molecular formula is C25H32N8O2S. The largest absolute Gasteiger partial charge is 0.369 e. The lowest BCUT2D eigenvalue weighted by molar-refractivity contribution is 0.373. The van der Waals surface area contributed by atoms with Crippen LogP contribution in [0.2, 0.25) is 0 Å². The minimum Gasteiger partial charge on any atom is -0.369 e. The van der Waals surface area contributed by atoms with E-state index in [0.29, 0.717) is 22.9 Å². The van der Waals surface area contributed by atoms with E-state index in [1.54, 1.807) is 18.3 Å². The highest BCUT2D eigenvalue weighted by molar-refractivity contribution is 7.89. The normalized spacial score (nSPS) is 16.5. The minimum atomic E-state index is -3.64. The first kappa shape index (κ1) is 24.4. The monoisotopic (exact) mass is 508 g/mol. The van der Waals surface area contributed by atoms with E-state index in [-0.39, 0.29) is 4.90 Å². The van der Waals surface area contributed by atoms with Gasteiger partial charge >= 0.3 is 0 Å². The highest BCUT2D eigenvalue weighted by atomic mass is 32.2. The average Bonchev–Trinajstić information content (AvgIpc) is 3.61. The summed E-state index contributed by atoms with van der Waals surface area (Å²) in [7, 11) is 1.86. The Bertz CT molecular complexity index is 1490. The van der Waals surface area contributed by atoms with E-state index >= 15 is 0 Å². The molecule has 4 heterocycles. The number of likely N-dealkylation sites (N-methyl/N-ethyl adjacent to an activating group) is 1. The number of hydrogen-bond acceptors (Lipinski definition) is 7. The van der Waals surface area contributed by atoms with Gasteiger partial charge in [0.1, 0.15) is 5.52 Å². The molecule has 1 aliphatic rings. The summed E-state index contributed by atoms with van der Waals surface area (Å²) < 4.78 is 29.9. The van der Waals surface area contributed by atoms with E-state index in [4.69, 9.17) is 4.98 Å². The van der Waals surface area contributed by atoms with Crippen LogP contribution in [0.1, 0.15) is 19.8 Å². The second kappa shape index (κ2) is 9.64. The molecule has 0 radical (unpaired) electrons. The molecule has 0 spiro atoms. The van der Waals surface area contributed by atoms with Gasteiger partial charge in [-0.1, -0.05) is 0 Å². The molecule has 4 aromatic rings.